The smallest absolute Gasteiger partial charge is 0.125 e. The number of benzene rings is 1. The van der Waals surface area contributed by atoms with Crippen LogP contribution in [0.15, 0.2) is 18.2 Å². The van der Waals surface area contributed by atoms with Gasteiger partial charge in [-0.25, -0.2) is 0 Å². The number of aliphatic hydroxyl groups is 2. The molecule has 1 atom stereocenters. The number of aliphatic hydroxyl groups excluding tert-OH is 2. The van der Waals surface area contributed by atoms with Crippen LogP contribution in [0.25, 0.3) is 0 Å². The third-order valence-corrected chi connectivity index (χ3v) is 2.89. The van der Waals surface area contributed by atoms with E-state index in [1.165, 1.54) is 0 Å². The number of ether oxygens (including phenoxy) is 2. The molecular formula is C14H22O4. The summed E-state index contributed by atoms with van der Waals surface area (Å²) < 4.78 is 11.0. The van der Waals surface area contributed by atoms with E-state index in [0.29, 0.717) is 18.8 Å². The minimum absolute atomic E-state index is 0.0338. The quantitative estimate of drug-likeness (QED) is 0.697. The molecule has 1 rings (SSSR count). The second kappa shape index (κ2) is 8.08. The maximum absolute atomic E-state index is 9.51. The van der Waals surface area contributed by atoms with Crippen molar-refractivity contribution in [1.82, 2.24) is 0 Å². The van der Waals surface area contributed by atoms with Crippen molar-refractivity contribution in [3.8, 4) is 5.75 Å². The highest BCUT2D eigenvalue weighted by Crippen LogP contribution is 2.30. The molecule has 4 heteroatoms. The summed E-state index contributed by atoms with van der Waals surface area (Å²) in [6.07, 6.45) is 1.38. The van der Waals surface area contributed by atoms with Crippen molar-refractivity contribution in [2.45, 2.75) is 32.5 Å². The summed E-state index contributed by atoms with van der Waals surface area (Å²) in [6.45, 7) is 2.50. The summed E-state index contributed by atoms with van der Waals surface area (Å²) in [5.74, 6) is 0.666. The standard InChI is InChI=1S/C14H22O4/c1-3-13(17-2)11-6-4-7-14(12(11)10-16)18-9-5-8-15/h4,6-7,13,15-16H,3,5,8-10H2,1-2H3/t13-/m0/s1. The Kier molecular flexibility index (Phi) is 6.72. The van der Waals surface area contributed by atoms with Crippen molar-refractivity contribution in [3.63, 3.8) is 0 Å². The lowest BCUT2D eigenvalue weighted by Gasteiger charge is -2.19. The first-order valence-electron chi connectivity index (χ1n) is 6.27. The normalized spacial score (nSPS) is 12.4. The van der Waals surface area contributed by atoms with Crippen LogP contribution in [-0.4, -0.2) is 30.5 Å². The lowest BCUT2D eigenvalue weighted by molar-refractivity contribution is 0.0973. The molecule has 1 aromatic carbocycles. The Morgan fingerprint density at radius 1 is 1.28 bits per heavy atom. The van der Waals surface area contributed by atoms with Gasteiger partial charge in [-0.15, -0.1) is 0 Å². The van der Waals surface area contributed by atoms with Crippen LogP contribution < -0.4 is 4.74 Å². The summed E-state index contributed by atoms with van der Waals surface area (Å²) in [7, 11) is 1.66. The summed E-state index contributed by atoms with van der Waals surface area (Å²) in [5.41, 5.74) is 1.73. The van der Waals surface area contributed by atoms with Crippen LogP contribution in [-0.2, 0) is 11.3 Å². The molecule has 18 heavy (non-hydrogen) atoms. The van der Waals surface area contributed by atoms with E-state index in [-0.39, 0.29) is 19.3 Å². The molecule has 0 fully saturated rings. The van der Waals surface area contributed by atoms with Crippen LogP contribution in [0.2, 0.25) is 0 Å². The van der Waals surface area contributed by atoms with Crippen LogP contribution in [0.1, 0.15) is 37.0 Å². The highest BCUT2D eigenvalue weighted by atomic mass is 16.5. The van der Waals surface area contributed by atoms with Crippen LogP contribution >= 0.6 is 0 Å². The maximum atomic E-state index is 9.51. The third kappa shape index (κ3) is 3.70. The highest BCUT2D eigenvalue weighted by molar-refractivity contribution is 5.41. The van der Waals surface area contributed by atoms with Gasteiger partial charge in [0.05, 0.1) is 19.3 Å². The van der Waals surface area contributed by atoms with Gasteiger partial charge in [-0.1, -0.05) is 19.1 Å². The second-order valence-corrected chi connectivity index (χ2v) is 4.04. The molecule has 4 nitrogen and oxygen atoms in total. The molecule has 2 N–H and O–H groups in total. The molecule has 0 saturated carbocycles. The maximum Gasteiger partial charge on any atom is 0.125 e. The van der Waals surface area contributed by atoms with Crippen molar-refractivity contribution in [1.29, 1.82) is 0 Å². The van der Waals surface area contributed by atoms with E-state index >= 15 is 0 Å². The van der Waals surface area contributed by atoms with Gasteiger partial charge >= 0.3 is 0 Å². The third-order valence-electron chi connectivity index (χ3n) is 2.89. The molecule has 0 saturated heterocycles. The average Bonchev–Trinajstić information content (AvgIpc) is 2.41. The number of methoxy groups -OCH3 is 1. The predicted octanol–water partition coefficient (Wildman–Crippen LogP) is 2.04. The Bertz CT molecular complexity index is 348. The SMILES string of the molecule is CC[C@H](OC)c1cccc(OCCCO)c1CO. The van der Waals surface area contributed by atoms with Gasteiger partial charge in [0.2, 0.25) is 0 Å². The fourth-order valence-corrected chi connectivity index (χ4v) is 1.95. The summed E-state index contributed by atoms with van der Waals surface area (Å²) in [4.78, 5) is 0. The molecule has 0 bridgehead atoms. The molecule has 0 heterocycles. The summed E-state index contributed by atoms with van der Waals surface area (Å²) in [6, 6.07) is 5.67. The monoisotopic (exact) mass is 254 g/mol. The molecule has 0 radical (unpaired) electrons. The average molecular weight is 254 g/mol. The van der Waals surface area contributed by atoms with Crippen LogP contribution in [0, 0.1) is 0 Å². The first kappa shape index (κ1) is 15.0. The van der Waals surface area contributed by atoms with Gasteiger partial charge in [-0.05, 0) is 18.1 Å². The lowest BCUT2D eigenvalue weighted by Crippen LogP contribution is -2.08. The molecule has 0 aliphatic rings. The van der Waals surface area contributed by atoms with Gasteiger partial charge in [0.25, 0.3) is 0 Å². The zero-order valence-electron chi connectivity index (χ0n) is 11.1. The fraction of sp³-hybridized carbons (Fsp3) is 0.571. The highest BCUT2D eigenvalue weighted by Gasteiger charge is 2.16. The van der Waals surface area contributed by atoms with E-state index in [1.54, 1.807) is 7.11 Å². The largest absolute Gasteiger partial charge is 0.493 e. The number of hydrogen-bond donors (Lipinski definition) is 2. The minimum Gasteiger partial charge on any atom is -0.493 e. The zero-order valence-corrected chi connectivity index (χ0v) is 11.1. The molecule has 1 aromatic rings. The predicted molar refractivity (Wildman–Crippen MR) is 69.6 cm³/mol. The van der Waals surface area contributed by atoms with Crippen molar-refractivity contribution < 1.29 is 19.7 Å². The Labute approximate surface area is 108 Å². The van der Waals surface area contributed by atoms with Gasteiger partial charge in [0.15, 0.2) is 0 Å². The molecule has 0 unspecified atom stereocenters. The van der Waals surface area contributed by atoms with Gasteiger partial charge in [0, 0.05) is 25.7 Å². The summed E-state index contributed by atoms with van der Waals surface area (Å²) >= 11 is 0. The number of hydrogen-bond acceptors (Lipinski definition) is 4. The van der Waals surface area contributed by atoms with Crippen molar-refractivity contribution >= 4 is 0 Å². The Hall–Kier alpha value is -1.10. The van der Waals surface area contributed by atoms with E-state index in [2.05, 4.69) is 0 Å². The topological polar surface area (TPSA) is 58.9 Å². The molecule has 102 valence electrons. The summed E-state index contributed by atoms with van der Waals surface area (Å²) in [5, 5.41) is 18.3. The first-order chi connectivity index (χ1) is 8.78. The zero-order chi connectivity index (χ0) is 13.4. The van der Waals surface area contributed by atoms with Gasteiger partial charge < -0.3 is 19.7 Å². The van der Waals surface area contributed by atoms with Crippen molar-refractivity contribution in [2.75, 3.05) is 20.3 Å². The molecular weight excluding hydrogens is 232 g/mol. The van der Waals surface area contributed by atoms with Crippen molar-refractivity contribution in [3.05, 3.63) is 29.3 Å². The Balaban J connectivity index is 2.94. The van der Waals surface area contributed by atoms with E-state index < -0.39 is 0 Å². The number of rotatable bonds is 8. The molecule has 0 aliphatic heterocycles. The van der Waals surface area contributed by atoms with Crippen LogP contribution in [0.4, 0.5) is 0 Å². The van der Waals surface area contributed by atoms with E-state index in [9.17, 15) is 5.11 Å². The molecule has 0 aliphatic carbocycles. The second-order valence-electron chi connectivity index (χ2n) is 4.04. The molecule has 0 amide bonds. The lowest BCUT2D eigenvalue weighted by atomic mass is 10.00. The minimum atomic E-state index is -0.0789. The van der Waals surface area contributed by atoms with Crippen LogP contribution in [0.5, 0.6) is 5.75 Å². The molecule has 0 spiro atoms. The Morgan fingerprint density at radius 2 is 2.06 bits per heavy atom. The van der Waals surface area contributed by atoms with Gasteiger partial charge in [-0.2, -0.15) is 0 Å². The molecule has 0 aromatic heterocycles. The fourth-order valence-electron chi connectivity index (χ4n) is 1.95. The van der Waals surface area contributed by atoms with E-state index in [0.717, 1.165) is 17.5 Å². The Morgan fingerprint density at radius 3 is 2.61 bits per heavy atom. The van der Waals surface area contributed by atoms with E-state index in [4.69, 9.17) is 14.6 Å². The van der Waals surface area contributed by atoms with Crippen molar-refractivity contribution in [2.24, 2.45) is 0 Å². The van der Waals surface area contributed by atoms with Gasteiger partial charge in [0.1, 0.15) is 5.75 Å². The van der Waals surface area contributed by atoms with E-state index in [1.807, 2.05) is 25.1 Å². The van der Waals surface area contributed by atoms with Gasteiger partial charge in [-0.3, -0.25) is 0 Å². The first-order valence-corrected chi connectivity index (χ1v) is 6.27. The van der Waals surface area contributed by atoms with Crippen LogP contribution in [0.3, 0.4) is 0 Å².